The van der Waals surface area contributed by atoms with Crippen LogP contribution in [-0.4, -0.2) is 55.6 Å². The second kappa shape index (κ2) is 27.8. The van der Waals surface area contributed by atoms with Crippen LogP contribution in [-0.2, 0) is 4.79 Å². The van der Waals surface area contributed by atoms with Gasteiger partial charge in [0.25, 0.3) is 0 Å². The molecule has 0 bridgehead atoms. The third-order valence-electron chi connectivity index (χ3n) is 6.68. The third-order valence-corrected chi connectivity index (χ3v) is 7.83. The normalized spacial score (nSPS) is 11.4. The molecule has 0 heterocycles. The van der Waals surface area contributed by atoms with Crippen LogP contribution in [0.3, 0.4) is 0 Å². The minimum Gasteiger partial charge on any atom is -1.00 e. The Morgan fingerprint density at radius 3 is 1.59 bits per heavy atom. The van der Waals surface area contributed by atoms with E-state index in [1.807, 2.05) is 0 Å². The number of nitrogens with one attached hydrogen (secondary N) is 1. The largest absolute Gasteiger partial charge is 1.00 e. The highest BCUT2D eigenvalue weighted by atomic mass is 79.9. The number of nitrogens with zero attached hydrogens (tertiary/aromatic N) is 1. The summed E-state index contributed by atoms with van der Waals surface area (Å²) in [7, 11) is 4.56. The summed E-state index contributed by atoms with van der Waals surface area (Å²) >= 11 is 2.17. The molecule has 5 heteroatoms. The van der Waals surface area contributed by atoms with Crippen molar-refractivity contribution >= 4 is 17.7 Å². The number of thioether (sulfide) groups is 1. The van der Waals surface area contributed by atoms with Crippen molar-refractivity contribution in [2.75, 3.05) is 45.2 Å². The minimum atomic E-state index is 0. The summed E-state index contributed by atoms with van der Waals surface area (Å²) in [6, 6.07) is 0. The maximum absolute atomic E-state index is 12.0. The number of carbonyl (C=O) groups is 1. The standard InChI is InChI=1S/C29H60N2OS.BrH/c1-5-7-8-9-10-14-17-20-27-33-28-21-18-15-12-11-13-16-19-23-29(32)30-24-22-26-31(3,4)25-6-2;/h5-28H2,1-4H3;1H. The van der Waals surface area contributed by atoms with E-state index in [4.69, 9.17) is 0 Å². The fourth-order valence-electron chi connectivity index (χ4n) is 4.53. The number of unbranched alkanes of at least 4 members (excludes halogenated alkanes) is 14. The van der Waals surface area contributed by atoms with Gasteiger partial charge < -0.3 is 26.8 Å². The summed E-state index contributed by atoms with van der Waals surface area (Å²) in [5.41, 5.74) is 0. The third kappa shape index (κ3) is 28.5. The summed E-state index contributed by atoms with van der Waals surface area (Å²) in [6.07, 6.45) is 24.9. The number of hydrogen-bond donors (Lipinski definition) is 1. The van der Waals surface area contributed by atoms with Crippen LogP contribution in [0.15, 0.2) is 0 Å². The van der Waals surface area contributed by atoms with Crippen LogP contribution in [0.4, 0.5) is 0 Å². The first-order valence-corrected chi connectivity index (χ1v) is 15.8. The quantitative estimate of drug-likeness (QED) is 0.113. The number of halogens is 1. The zero-order valence-corrected chi connectivity index (χ0v) is 26.0. The topological polar surface area (TPSA) is 29.1 Å². The van der Waals surface area contributed by atoms with Gasteiger partial charge in [0.15, 0.2) is 0 Å². The lowest BCUT2D eigenvalue weighted by molar-refractivity contribution is -0.890. The van der Waals surface area contributed by atoms with Crippen molar-refractivity contribution in [3.05, 3.63) is 0 Å². The van der Waals surface area contributed by atoms with Crippen LogP contribution in [0.2, 0.25) is 0 Å². The molecule has 1 amide bonds. The minimum absolute atomic E-state index is 0. The molecule has 206 valence electrons. The van der Waals surface area contributed by atoms with Crippen molar-refractivity contribution < 1.29 is 26.3 Å². The Bertz CT molecular complexity index is 421. The van der Waals surface area contributed by atoms with Crippen LogP contribution in [0.1, 0.15) is 136 Å². The van der Waals surface area contributed by atoms with E-state index in [0.717, 1.165) is 30.4 Å². The molecule has 0 radical (unpaired) electrons. The molecule has 0 aliphatic heterocycles. The number of carbonyl (C=O) groups excluding carboxylic acids is 1. The average Bonchev–Trinajstić information content (AvgIpc) is 2.78. The van der Waals surface area contributed by atoms with E-state index in [1.165, 1.54) is 121 Å². The molecule has 0 aromatic carbocycles. The Labute approximate surface area is 229 Å². The number of rotatable bonds is 26. The van der Waals surface area contributed by atoms with Crippen molar-refractivity contribution in [3.8, 4) is 0 Å². The zero-order valence-electron chi connectivity index (χ0n) is 23.6. The zero-order chi connectivity index (χ0) is 24.5. The highest BCUT2D eigenvalue weighted by Gasteiger charge is 2.12. The first-order chi connectivity index (χ1) is 16.0. The van der Waals surface area contributed by atoms with E-state index < -0.39 is 0 Å². The molecule has 0 saturated carbocycles. The van der Waals surface area contributed by atoms with Gasteiger partial charge in [0.1, 0.15) is 0 Å². The van der Waals surface area contributed by atoms with Gasteiger partial charge in [-0.3, -0.25) is 4.79 Å². The van der Waals surface area contributed by atoms with E-state index in [2.05, 4.69) is 45.0 Å². The maximum atomic E-state index is 12.0. The lowest BCUT2D eigenvalue weighted by Crippen LogP contribution is -3.00. The monoisotopic (exact) mass is 564 g/mol. The summed E-state index contributed by atoms with van der Waals surface area (Å²) in [6.45, 7) is 7.72. The average molecular weight is 566 g/mol. The number of hydrogen-bond acceptors (Lipinski definition) is 2. The Morgan fingerprint density at radius 2 is 1.09 bits per heavy atom. The molecule has 0 aromatic heterocycles. The molecule has 0 rings (SSSR count). The van der Waals surface area contributed by atoms with Crippen molar-refractivity contribution in [3.63, 3.8) is 0 Å². The van der Waals surface area contributed by atoms with Crippen LogP contribution in [0, 0.1) is 0 Å². The van der Waals surface area contributed by atoms with Crippen molar-refractivity contribution in [1.29, 1.82) is 0 Å². The van der Waals surface area contributed by atoms with Gasteiger partial charge in [-0.1, -0.05) is 97.3 Å². The van der Waals surface area contributed by atoms with E-state index >= 15 is 0 Å². The van der Waals surface area contributed by atoms with Gasteiger partial charge in [0.2, 0.25) is 5.91 Å². The Balaban J connectivity index is 0. The van der Waals surface area contributed by atoms with Crippen LogP contribution in [0.25, 0.3) is 0 Å². The predicted octanol–water partition coefficient (Wildman–Crippen LogP) is 5.37. The van der Waals surface area contributed by atoms with Gasteiger partial charge in [-0.2, -0.15) is 11.8 Å². The summed E-state index contributed by atoms with van der Waals surface area (Å²) in [4.78, 5) is 12.0. The maximum Gasteiger partial charge on any atom is 0.219 e. The summed E-state index contributed by atoms with van der Waals surface area (Å²) in [5.74, 6) is 2.99. The molecule has 0 aromatic rings. The van der Waals surface area contributed by atoms with Gasteiger partial charge in [-0.25, -0.2) is 0 Å². The highest BCUT2D eigenvalue weighted by Crippen LogP contribution is 2.14. The molecular formula is C29H61BrN2OS. The molecule has 0 fully saturated rings. The van der Waals surface area contributed by atoms with E-state index in [9.17, 15) is 4.79 Å². The fraction of sp³-hybridized carbons (Fsp3) is 0.966. The van der Waals surface area contributed by atoms with Crippen LogP contribution in [0.5, 0.6) is 0 Å². The predicted molar refractivity (Wildman–Crippen MR) is 151 cm³/mol. The lowest BCUT2D eigenvalue weighted by atomic mass is 10.1. The van der Waals surface area contributed by atoms with Gasteiger partial charge in [-0.15, -0.1) is 0 Å². The fourth-order valence-corrected chi connectivity index (χ4v) is 5.55. The van der Waals surface area contributed by atoms with Gasteiger partial charge in [0, 0.05) is 19.4 Å². The van der Waals surface area contributed by atoms with Gasteiger partial charge >= 0.3 is 0 Å². The molecule has 0 saturated heterocycles. The number of amides is 1. The lowest BCUT2D eigenvalue weighted by Gasteiger charge is -2.29. The summed E-state index contributed by atoms with van der Waals surface area (Å²) in [5, 5.41) is 3.11. The SMILES string of the molecule is CCCCCCCCCCSCCCCCCCCCCC(=O)NCCC[N+](C)(C)CCC.[Br-]. The molecule has 1 N–H and O–H groups in total. The molecule has 0 aliphatic carbocycles. The molecule has 0 unspecified atom stereocenters. The first-order valence-electron chi connectivity index (χ1n) is 14.7. The van der Waals surface area contributed by atoms with Crippen molar-refractivity contribution in [1.82, 2.24) is 5.32 Å². The molecular weight excluding hydrogens is 504 g/mol. The van der Waals surface area contributed by atoms with Crippen molar-refractivity contribution in [2.24, 2.45) is 0 Å². The molecule has 0 atom stereocenters. The number of quaternary nitrogens is 1. The van der Waals surface area contributed by atoms with Crippen LogP contribution < -0.4 is 22.3 Å². The molecule has 0 aliphatic rings. The van der Waals surface area contributed by atoms with E-state index in [-0.39, 0.29) is 22.9 Å². The second-order valence-corrected chi connectivity index (χ2v) is 12.0. The highest BCUT2D eigenvalue weighted by molar-refractivity contribution is 7.99. The van der Waals surface area contributed by atoms with Crippen molar-refractivity contribution in [2.45, 2.75) is 136 Å². The molecule has 3 nitrogen and oxygen atoms in total. The van der Waals surface area contributed by atoms with E-state index in [1.54, 1.807) is 0 Å². The first kappa shape index (κ1) is 36.4. The smallest absolute Gasteiger partial charge is 0.219 e. The van der Waals surface area contributed by atoms with E-state index in [0.29, 0.717) is 6.42 Å². The molecule has 0 spiro atoms. The van der Waals surface area contributed by atoms with Crippen LogP contribution >= 0.6 is 11.8 Å². The van der Waals surface area contributed by atoms with Gasteiger partial charge in [0.05, 0.1) is 27.2 Å². The Kier molecular flexibility index (Phi) is 29.8. The Hall–Kier alpha value is 0.260. The van der Waals surface area contributed by atoms with Gasteiger partial charge in [-0.05, 0) is 37.2 Å². The second-order valence-electron chi connectivity index (χ2n) is 10.8. The molecule has 34 heavy (non-hydrogen) atoms. The Morgan fingerprint density at radius 1 is 0.618 bits per heavy atom. The summed E-state index contributed by atoms with van der Waals surface area (Å²) < 4.78 is 1.06.